The molecule has 2 heterocycles. The second-order valence-electron chi connectivity index (χ2n) is 9.49. The number of rotatable bonds is 10. The number of hydrogen-bond acceptors (Lipinski definition) is 5. The minimum atomic E-state index is -0.948. The Labute approximate surface area is 232 Å². The van der Waals surface area contributed by atoms with Crippen molar-refractivity contribution in [2.75, 3.05) is 13.2 Å². The number of hydrogen-bond donors (Lipinski definition) is 2. The molecule has 40 heavy (non-hydrogen) atoms. The lowest BCUT2D eigenvalue weighted by Gasteiger charge is -2.27. The monoisotopic (exact) mass is 534 g/mol. The summed E-state index contributed by atoms with van der Waals surface area (Å²) in [4.78, 5) is 49.2. The molecule has 0 aliphatic rings. The molecule has 0 saturated carbocycles. The van der Waals surface area contributed by atoms with E-state index < -0.39 is 17.9 Å². The van der Waals surface area contributed by atoms with Gasteiger partial charge < -0.3 is 19.9 Å². The fourth-order valence-corrected chi connectivity index (χ4v) is 4.76. The van der Waals surface area contributed by atoms with Crippen LogP contribution in [0.4, 0.5) is 0 Å². The summed E-state index contributed by atoms with van der Waals surface area (Å²) in [5.41, 5.74) is 3.78. The van der Waals surface area contributed by atoms with E-state index in [2.05, 4.69) is 15.3 Å². The van der Waals surface area contributed by atoms with Crippen molar-refractivity contribution in [3.63, 3.8) is 0 Å². The van der Waals surface area contributed by atoms with Crippen LogP contribution in [0.15, 0.2) is 97.3 Å². The van der Waals surface area contributed by atoms with Crippen LogP contribution >= 0.6 is 0 Å². The van der Waals surface area contributed by atoms with Crippen molar-refractivity contribution < 1.29 is 19.1 Å². The quantitative estimate of drug-likeness (QED) is 0.254. The van der Waals surface area contributed by atoms with Gasteiger partial charge in [-0.1, -0.05) is 66.7 Å². The van der Waals surface area contributed by atoms with Gasteiger partial charge in [0.2, 0.25) is 5.91 Å². The fourth-order valence-electron chi connectivity index (χ4n) is 4.76. The van der Waals surface area contributed by atoms with E-state index >= 15 is 0 Å². The number of fused-ring (bicyclic) bond motifs is 2. The Morgan fingerprint density at radius 2 is 1.73 bits per heavy atom. The number of nitrogens with one attached hydrogen (secondary N) is 2. The van der Waals surface area contributed by atoms with E-state index in [1.54, 1.807) is 13.0 Å². The Kier molecular flexibility index (Phi) is 8.15. The Morgan fingerprint density at radius 3 is 2.55 bits per heavy atom. The summed E-state index contributed by atoms with van der Waals surface area (Å²) in [7, 11) is 0. The van der Waals surface area contributed by atoms with Gasteiger partial charge in [0, 0.05) is 41.6 Å². The van der Waals surface area contributed by atoms with Crippen molar-refractivity contribution in [3.05, 3.63) is 114 Å². The van der Waals surface area contributed by atoms with Crippen LogP contribution in [0.3, 0.4) is 0 Å². The highest BCUT2D eigenvalue weighted by molar-refractivity contribution is 6.00. The second-order valence-corrected chi connectivity index (χ2v) is 9.49. The Bertz CT molecular complexity index is 1650. The third-order valence-corrected chi connectivity index (χ3v) is 6.71. The molecule has 2 N–H and O–H groups in total. The van der Waals surface area contributed by atoms with E-state index in [4.69, 9.17) is 4.74 Å². The predicted molar refractivity (Wildman–Crippen MR) is 153 cm³/mol. The number of carbonyl (C=O) groups excluding carboxylic acids is 3. The SMILES string of the molecule is CCOC(=O)CN(Cc1ccccc1)C(=O)[C@@H](Cc1c[nH]c2ccccc12)NC(=O)c1cnc2ccccc2c1. The van der Waals surface area contributed by atoms with Gasteiger partial charge in [-0.25, -0.2) is 0 Å². The molecular formula is C32H30N4O4. The molecule has 1 atom stereocenters. The van der Waals surface area contributed by atoms with E-state index in [0.29, 0.717) is 5.56 Å². The molecule has 8 nitrogen and oxygen atoms in total. The van der Waals surface area contributed by atoms with E-state index in [9.17, 15) is 14.4 Å². The van der Waals surface area contributed by atoms with Gasteiger partial charge in [0.1, 0.15) is 12.6 Å². The molecule has 202 valence electrons. The van der Waals surface area contributed by atoms with Gasteiger partial charge in [0.25, 0.3) is 5.91 Å². The second kappa shape index (κ2) is 12.3. The Hall–Kier alpha value is -4.98. The van der Waals surface area contributed by atoms with Crippen molar-refractivity contribution in [2.24, 2.45) is 0 Å². The lowest BCUT2D eigenvalue weighted by Crippen LogP contribution is -2.50. The Morgan fingerprint density at radius 1 is 0.975 bits per heavy atom. The summed E-state index contributed by atoms with van der Waals surface area (Å²) in [6.45, 7) is 1.88. The molecule has 5 rings (SSSR count). The van der Waals surface area contributed by atoms with Crippen molar-refractivity contribution in [2.45, 2.75) is 25.9 Å². The molecule has 8 heteroatoms. The number of aromatic amines is 1. The average Bonchev–Trinajstić information content (AvgIpc) is 3.39. The minimum absolute atomic E-state index is 0.191. The van der Waals surface area contributed by atoms with Crippen LogP contribution in [-0.4, -0.2) is 51.8 Å². The van der Waals surface area contributed by atoms with Gasteiger partial charge in [0.15, 0.2) is 0 Å². The highest BCUT2D eigenvalue weighted by Gasteiger charge is 2.29. The standard InChI is InChI=1S/C32H30N4O4/c1-2-40-30(37)21-36(20-22-10-4-3-5-11-22)32(39)29(17-24-18-34-28-15-9-7-13-26(24)28)35-31(38)25-16-23-12-6-8-14-27(23)33-19-25/h3-16,18-19,29,34H,2,17,20-21H2,1H3,(H,35,38)/t29-/m1/s1. The molecule has 0 bridgehead atoms. The zero-order valence-electron chi connectivity index (χ0n) is 22.2. The minimum Gasteiger partial charge on any atom is -0.465 e. The molecule has 0 aliphatic heterocycles. The van der Waals surface area contributed by atoms with Crippen molar-refractivity contribution >= 4 is 39.6 Å². The summed E-state index contributed by atoms with van der Waals surface area (Å²) in [6.07, 6.45) is 3.58. The first-order chi connectivity index (χ1) is 19.5. The molecule has 0 radical (unpaired) electrons. The average molecular weight is 535 g/mol. The van der Waals surface area contributed by atoms with Crippen LogP contribution in [0.2, 0.25) is 0 Å². The smallest absolute Gasteiger partial charge is 0.325 e. The lowest BCUT2D eigenvalue weighted by atomic mass is 10.0. The van der Waals surface area contributed by atoms with Crippen molar-refractivity contribution in [3.8, 4) is 0 Å². The van der Waals surface area contributed by atoms with Gasteiger partial charge in [-0.15, -0.1) is 0 Å². The lowest BCUT2D eigenvalue weighted by molar-refractivity contribution is -0.149. The van der Waals surface area contributed by atoms with E-state index in [1.807, 2.05) is 85.1 Å². The maximum Gasteiger partial charge on any atom is 0.325 e. The number of amides is 2. The zero-order valence-corrected chi connectivity index (χ0v) is 22.2. The van der Waals surface area contributed by atoms with Gasteiger partial charge in [-0.2, -0.15) is 0 Å². The first kappa shape index (κ1) is 26.6. The number of esters is 1. The molecule has 0 fully saturated rings. The van der Waals surface area contributed by atoms with E-state index in [-0.39, 0.29) is 32.0 Å². The Balaban J connectivity index is 1.47. The van der Waals surface area contributed by atoms with Crippen LogP contribution in [-0.2, 0) is 27.3 Å². The number of aromatic nitrogens is 2. The third-order valence-electron chi connectivity index (χ3n) is 6.71. The van der Waals surface area contributed by atoms with Gasteiger partial charge >= 0.3 is 5.97 Å². The number of ether oxygens (including phenoxy) is 1. The van der Waals surface area contributed by atoms with E-state index in [0.717, 1.165) is 32.9 Å². The summed E-state index contributed by atoms with van der Waals surface area (Å²) in [5.74, 6) is -1.32. The topological polar surface area (TPSA) is 104 Å². The molecule has 0 spiro atoms. The zero-order chi connectivity index (χ0) is 27.9. The third kappa shape index (κ3) is 6.18. The van der Waals surface area contributed by atoms with Crippen LogP contribution < -0.4 is 5.32 Å². The van der Waals surface area contributed by atoms with Gasteiger partial charge in [-0.3, -0.25) is 19.4 Å². The maximum atomic E-state index is 14.1. The highest BCUT2D eigenvalue weighted by atomic mass is 16.5. The van der Waals surface area contributed by atoms with E-state index in [1.165, 1.54) is 11.1 Å². The molecule has 3 aromatic carbocycles. The summed E-state index contributed by atoms with van der Waals surface area (Å²) < 4.78 is 5.16. The molecule has 0 unspecified atom stereocenters. The van der Waals surface area contributed by atoms with Crippen LogP contribution in [0.5, 0.6) is 0 Å². The summed E-state index contributed by atoms with van der Waals surface area (Å²) in [6, 6.07) is 25.5. The maximum absolute atomic E-state index is 14.1. The first-order valence-corrected chi connectivity index (χ1v) is 13.2. The number of carbonyl (C=O) groups is 3. The van der Waals surface area contributed by atoms with Gasteiger partial charge in [0.05, 0.1) is 17.7 Å². The summed E-state index contributed by atoms with van der Waals surface area (Å²) >= 11 is 0. The predicted octanol–water partition coefficient (Wildman–Crippen LogP) is 4.65. The van der Waals surface area contributed by atoms with Crippen molar-refractivity contribution in [1.29, 1.82) is 0 Å². The number of benzene rings is 3. The highest BCUT2D eigenvalue weighted by Crippen LogP contribution is 2.21. The number of pyridine rings is 1. The van der Waals surface area contributed by atoms with Crippen LogP contribution in [0.1, 0.15) is 28.4 Å². The molecule has 2 aromatic heterocycles. The molecule has 2 amide bonds. The van der Waals surface area contributed by atoms with Crippen LogP contribution in [0.25, 0.3) is 21.8 Å². The normalized spacial score (nSPS) is 11.7. The van der Waals surface area contributed by atoms with Crippen LogP contribution in [0, 0.1) is 0 Å². The molecule has 5 aromatic rings. The van der Waals surface area contributed by atoms with Gasteiger partial charge in [-0.05, 0) is 36.2 Å². The summed E-state index contributed by atoms with van der Waals surface area (Å²) in [5, 5.41) is 4.72. The molecular weight excluding hydrogens is 504 g/mol. The molecule has 0 aliphatic carbocycles. The largest absolute Gasteiger partial charge is 0.465 e. The number of para-hydroxylation sites is 2. The van der Waals surface area contributed by atoms with Crippen molar-refractivity contribution in [1.82, 2.24) is 20.2 Å². The number of H-pyrrole nitrogens is 1. The molecule has 0 saturated heterocycles. The first-order valence-electron chi connectivity index (χ1n) is 13.2. The fraction of sp³-hybridized carbons (Fsp3) is 0.188. The number of nitrogens with zero attached hydrogens (tertiary/aromatic N) is 2.